The van der Waals surface area contributed by atoms with Gasteiger partial charge in [-0.25, -0.2) is 4.79 Å². The van der Waals surface area contributed by atoms with Crippen LogP contribution < -0.4 is 11.1 Å². The minimum absolute atomic E-state index is 0.285. The van der Waals surface area contributed by atoms with Crippen LogP contribution >= 0.6 is 0 Å². The largest absolute Gasteiger partial charge is 0.444 e. The quantitative estimate of drug-likeness (QED) is 0.642. The van der Waals surface area contributed by atoms with Crippen LogP contribution in [0, 0.1) is 0 Å². The summed E-state index contributed by atoms with van der Waals surface area (Å²) < 4.78 is 5.35. The molecular weight excluding hydrogens is 304 g/mol. The maximum Gasteiger partial charge on any atom is 0.408 e. The molecule has 1 aliphatic rings. The number of alkyl carbamates (subject to hydrolysis) is 1. The second-order valence-electron chi connectivity index (χ2n) is 7.15. The number of amides is 1. The zero-order chi connectivity index (χ0) is 17.7. The van der Waals surface area contributed by atoms with E-state index in [0.717, 1.165) is 18.4 Å². The maximum absolute atomic E-state index is 12.1. The average Bonchev–Trinajstić information content (AvgIpc) is 3.34. The number of hydrogen-bond acceptors (Lipinski definition) is 3. The normalized spacial score (nSPS) is 16.4. The highest BCUT2D eigenvalue weighted by molar-refractivity contribution is 5.78. The van der Waals surface area contributed by atoms with E-state index in [2.05, 4.69) is 10.3 Å². The van der Waals surface area contributed by atoms with Crippen LogP contribution in [0.15, 0.2) is 35.3 Å². The number of carbonyl (C=O) groups excluding carboxylic acids is 1. The topological polar surface area (TPSA) is 80.0 Å². The van der Waals surface area contributed by atoms with Gasteiger partial charge >= 0.3 is 6.09 Å². The third-order valence-corrected chi connectivity index (χ3v) is 3.78. The van der Waals surface area contributed by atoms with Gasteiger partial charge in [-0.15, -0.1) is 0 Å². The zero-order valence-corrected chi connectivity index (χ0v) is 15.0. The Balaban J connectivity index is 2.05. The van der Waals surface area contributed by atoms with Crippen LogP contribution in [0.25, 0.3) is 0 Å². The SMILES string of the molecule is CN(C(N)=NCC(NC(=O)OC(C)(C)C)c1ccccc1)C1CC1. The van der Waals surface area contributed by atoms with Gasteiger partial charge in [0.05, 0.1) is 12.6 Å². The first-order valence-corrected chi connectivity index (χ1v) is 8.33. The minimum atomic E-state index is -0.542. The zero-order valence-electron chi connectivity index (χ0n) is 15.0. The molecule has 0 aliphatic heterocycles. The van der Waals surface area contributed by atoms with Gasteiger partial charge in [0.25, 0.3) is 0 Å². The number of hydrogen-bond donors (Lipinski definition) is 2. The Hall–Kier alpha value is -2.24. The van der Waals surface area contributed by atoms with E-state index in [0.29, 0.717) is 18.5 Å². The Kier molecular flexibility index (Phi) is 5.70. The van der Waals surface area contributed by atoms with Gasteiger partial charge in [0, 0.05) is 13.1 Å². The molecule has 6 nitrogen and oxygen atoms in total. The molecule has 1 aliphatic carbocycles. The fourth-order valence-corrected chi connectivity index (χ4v) is 2.31. The highest BCUT2D eigenvalue weighted by Crippen LogP contribution is 2.25. The van der Waals surface area contributed by atoms with Crippen LogP contribution in [-0.2, 0) is 4.74 Å². The number of guanidine groups is 1. The lowest BCUT2D eigenvalue weighted by molar-refractivity contribution is 0.0505. The highest BCUT2D eigenvalue weighted by Gasteiger charge is 2.27. The molecule has 1 amide bonds. The fourth-order valence-electron chi connectivity index (χ4n) is 2.31. The number of benzene rings is 1. The summed E-state index contributed by atoms with van der Waals surface area (Å²) in [6, 6.07) is 9.93. The number of aliphatic imine (C=N–C) groups is 1. The van der Waals surface area contributed by atoms with E-state index >= 15 is 0 Å². The van der Waals surface area contributed by atoms with Crippen LogP contribution in [0.5, 0.6) is 0 Å². The number of carbonyl (C=O) groups is 1. The van der Waals surface area contributed by atoms with Crippen molar-refractivity contribution in [3.05, 3.63) is 35.9 Å². The Morgan fingerprint density at radius 3 is 2.54 bits per heavy atom. The molecule has 6 heteroatoms. The summed E-state index contributed by atoms with van der Waals surface area (Å²) in [5.41, 5.74) is 6.47. The molecule has 0 aromatic heterocycles. The first-order valence-electron chi connectivity index (χ1n) is 8.33. The van der Waals surface area contributed by atoms with Gasteiger partial charge in [0.15, 0.2) is 5.96 Å². The standard InChI is InChI=1S/C18H28N4O2/c1-18(2,3)24-17(23)21-15(13-8-6-5-7-9-13)12-20-16(19)22(4)14-10-11-14/h5-9,14-15H,10-12H2,1-4H3,(H2,19,20)(H,21,23). The predicted octanol–water partition coefficient (Wildman–Crippen LogP) is 2.66. The van der Waals surface area contributed by atoms with Crippen LogP contribution in [0.1, 0.15) is 45.2 Å². The lowest BCUT2D eigenvalue weighted by Gasteiger charge is -2.24. The first-order chi connectivity index (χ1) is 11.3. The minimum Gasteiger partial charge on any atom is -0.444 e. The smallest absolute Gasteiger partial charge is 0.408 e. The molecule has 1 aromatic carbocycles. The van der Waals surface area contributed by atoms with Crippen LogP contribution in [-0.4, -0.2) is 42.2 Å². The van der Waals surface area contributed by atoms with Crippen LogP contribution in [0.4, 0.5) is 4.79 Å². The summed E-state index contributed by atoms with van der Waals surface area (Å²) in [5, 5.41) is 2.89. The molecule has 132 valence electrons. The van der Waals surface area contributed by atoms with E-state index in [-0.39, 0.29) is 6.04 Å². The van der Waals surface area contributed by atoms with Crippen molar-refractivity contribution in [1.29, 1.82) is 0 Å². The molecule has 24 heavy (non-hydrogen) atoms. The Morgan fingerprint density at radius 1 is 1.38 bits per heavy atom. The van der Waals surface area contributed by atoms with Crippen molar-refractivity contribution in [2.24, 2.45) is 10.7 Å². The van der Waals surface area contributed by atoms with E-state index in [1.807, 2.05) is 63.1 Å². The van der Waals surface area contributed by atoms with E-state index in [4.69, 9.17) is 10.5 Å². The second kappa shape index (κ2) is 7.55. The third kappa shape index (κ3) is 5.76. The number of ether oxygens (including phenoxy) is 1. The van der Waals surface area contributed by atoms with Gasteiger partial charge in [-0.05, 0) is 39.2 Å². The summed E-state index contributed by atoms with van der Waals surface area (Å²) in [6.07, 6.45) is 1.86. The second-order valence-corrected chi connectivity index (χ2v) is 7.15. The van der Waals surface area contributed by atoms with Gasteiger partial charge in [0.2, 0.25) is 0 Å². The molecule has 1 aromatic rings. The molecule has 2 rings (SSSR count). The average molecular weight is 332 g/mol. The highest BCUT2D eigenvalue weighted by atomic mass is 16.6. The van der Waals surface area contributed by atoms with E-state index < -0.39 is 11.7 Å². The Bertz CT molecular complexity index is 576. The van der Waals surface area contributed by atoms with Gasteiger partial charge < -0.3 is 20.7 Å². The van der Waals surface area contributed by atoms with Crippen LogP contribution in [0.3, 0.4) is 0 Å². The molecule has 3 N–H and O–H groups in total. The summed E-state index contributed by atoms with van der Waals surface area (Å²) in [7, 11) is 1.95. The molecule has 0 saturated heterocycles. The number of rotatable bonds is 5. The van der Waals surface area contributed by atoms with E-state index in [1.165, 1.54) is 0 Å². The molecule has 0 spiro atoms. The van der Waals surface area contributed by atoms with E-state index in [9.17, 15) is 4.79 Å². The lowest BCUT2D eigenvalue weighted by atomic mass is 10.1. The molecule has 1 fully saturated rings. The van der Waals surface area contributed by atoms with Crippen molar-refractivity contribution in [3.63, 3.8) is 0 Å². The molecule has 0 radical (unpaired) electrons. The lowest BCUT2D eigenvalue weighted by Crippen LogP contribution is -2.38. The molecule has 1 atom stereocenters. The predicted molar refractivity (Wildman–Crippen MR) is 95.8 cm³/mol. The Labute approximate surface area is 144 Å². The summed E-state index contributed by atoms with van der Waals surface area (Å²) in [5.74, 6) is 0.504. The summed E-state index contributed by atoms with van der Waals surface area (Å²) >= 11 is 0. The fraction of sp³-hybridized carbons (Fsp3) is 0.556. The molecular formula is C18H28N4O2. The van der Waals surface area contributed by atoms with Crippen molar-refractivity contribution in [1.82, 2.24) is 10.2 Å². The van der Waals surface area contributed by atoms with Gasteiger partial charge in [-0.2, -0.15) is 0 Å². The Morgan fingerprint density at radius 2 is 2.00 bits per heavy atom. The van der Waals surface area contributed by atoms with Crippen molar-refractivity contribution >= 4 is 12.1 Å². The van der Waals surface area contributed by atoms with Crippen molar-refractivity contribution in [3.8, 4) is 0 Å². The molecule has 1 unspecified atom stereocenters. The van der Waals surface area contributed by atoms with Gasteiger partial charge in [-0.3, -0.25) is 4.99 Å². The maximum atomic E-state index is 12.1. The third-order valence-electron chi connectivity index (χ3n) is 3.78. The van der Waals surface area contributed by atoms with Crippen LogP contribution in [0.2, 0.25) is 0 Å². The summed E-state index contributed by atoms with van der Waals surface area (Å²) in [6.45, 7) is 5.88. The molecule has 0 bridgehead atoms. The first kappa shape index (κ1) is 18.1. The van der Waals surface area contributed by atoms with E-state index in [1.54, 1.807) is 0 Å². The monoisotopic (exact) mass is 332 g/mol. The van der Waals surface area contributed by atoms with Crippen molar-refractivity contribution in [2.75, 3.05) is 13.6 Å². The number of nitrogens with two attached hydrogens (primary N) is 1. The summed E-state index contributed by atoms with van der Waals surface area (Å²) in [4.78, 5) is 18.6. The molecule has 0 heterocycles. The van der Waals surface area contributed by atoms with Gasteiger partial charge in [-0.1, -0.05) is 30.3 Å². The number of nitrogens with zero attached hydrogens (tertiary/aromatic N) is 2. The van der Waals surface area contributed by atoms with Crippen molar-refractivity contribution < 1.29 is 9.53 Å². The number of nitrogens with one attached hydrogen (secondary N) is 1. The van der Waals surface area contributed by atoms with Crippen molar-refractivity contribution in [2.45, 2.75) is 51.3 Å². The van der Waals surface area contributed by atoms with Gasteiger partial charge in [0.1, 0.15) is 5.60 Å². The molecule has 1 saturated carbocycles.